The smallest absolute Gasteiger partial charge is 0.322 e. The van der Waals surface area contributed by atoms with Gasteiger partial charge in [0.25, 0.3) is 0 Å². The van der Waals surface area contributed by atoms with E-state index in [4.69, 9.17) is 29.2 Å². The molecule has 0 radical (unpaired) electrons. The van der Waals surface area contributed by atoms with Crippen LogP contribution in [0.1, 0.15) is 103 Å². The molecule has 0 saturated carbocycles. The molecule has 5 N–H and O–H groups in total. The van der Waals surface area contributed by atoms with Crippen molar-refractivity contribution in [2.45, 2.75) is 103 Å². The van der Waals surface area contributed by atoms with Crippen LogP contribution in [0, 0.1) is 0 Å². The lowest BCUT2D eigenvalue weighted by Gasteiger charge is -2.09. The molecule has 0 aromatic carbocycles. The average Bonchev–Trinajstić information content (AvgIpc) is 3.02. The van der Waals surface area contributed by atoms with Crippen molar-refractivity contribution in [3.8, 4) is 0 Å². The zero-order valence-electron chi connectivity index (χ0n) is 27.7. The first kappa shape index (κ1) is 43.2. The molecule has 0 heterocycles. The molecule has 0 aliphatic heterocycles. The Morgan fingerprint density at radius 2 is 0.761 bits per heavy atom. The monoisotopic (exact) mass is 661 g/mol. The van der Waals surface area contributed by atoms with Crippen molar-refractivity contribution in [1.29, 1.82) is 0 Å². The van der Waals surface area contributed by atoms with E-state index in [1.165, 1.54) is 51.4 Å². The van der Waals surface area contributed by atoms with Crippen molar-refractivity contribution in [2.75, 3.05) is 72.5 Å². The van der Waals surface area contributed by atoms with Crippen molar-refractivity contribution in [1.82, 2.24) is 16.0 Å². The van der Waals surface area contributed by atoms with Gasteiger partial charge in [0.1, 0.15) is 19.8 Å². The Bertz CT molecular complexity index is 799. The van der Waals surface area contributed by atoms with E-state index in [0.717, 1.165) is 38.5 Å². The molecule has 268 valence electrons. The molecule has 0 fully saturated rings. The lowest BCUT2D eigenvalue weighted by molar-refractivity contribution is -0.138. The SMILES string of the molecule is O=C(O)CCCCCCCCCCCCCCCCC(=O)NCCOCCOCC(=O)NCCOCCOCC(=O)NCC(=O)O. The molecule has 46 heavy (non-hydrogen) atoms. The first-order valence-electron chi connectivity index (χ1n) is 16.9. The number of hydrogen-bond donors (Lipinski definition) is 5. The minimum absolute atomic E-state index is 0.0373. The van der Waals surface area contributed by atoms with Crippen molar-refractivity contribution in [3.63, 3.8) is 0 Å². The van der Waals surface area contributed by atoms with Gasteiger partial charge in [-0.05, 0) is 12.8 Å². The minimum atomic E-state index is -1.13. The van der Waals surface area contributed by atoms with Crippen LogP contribution in [-0.2, 0) is 42.9 Å². The largest absolute Gasteiger partial charge is 0.481 e. The molecule has 14 heteroatoms. The molecule has 0 unspecified atom stereocenters. The van der Waals surface area contributed by atoms with Gasteiger partial charge in [0.15, 0.2) is 0 Å². The first-order chi connectivity index (χ1) is 22.3. The lowest BCUT2D eigenvalue weighted by atomic mass is 10.0. The van der Waals surface area contributed by atoms with Gasteiger partial charge in [0, 0.05) is 25.9 Å². The quantitative estimate of drug-likeness (QED) is 0.0626. The summed E-state index contributed by atoms with van der Waals surface area (Å²) in [7, 11) is 0. The van der Waals surface area contributed by atoms with Gasteiger partial charge in [0.2, 0.25) is 17.7 Å². The van der Waals surface area contributed by atoms with Crippen molar-refractivity contribution < 1.29 is 53.1 Å². The maximum atomic E-state index is 11.9. The van der Waals surface area contributed by atoms with E-state index >= 15 is 0 Å². The Kier molecular flexibility index (Phi) is 31.5. The fraction of sp³-hybridized carbons (Fsp3) is 0.844. The van der Waals surface area contributed by atoms with E-state index in [0.29, 0.717) is 39.1 Å². The minimum Gasteiger partial charge on any atom is -0.481 e. The van der Waals surface area contributed by atoms with E-state index in [-0.39, 0.29) is 51.5 Å². The van der Waals surface area contributed by atoms with Crippen LogP contribution in [-0.4, -0.2) is 112 Å². The second kappa shape index (κ2) is 33.6. The number of aliphatic carboxylic acids is 2. The molecular formula is C32H59N3O11. The third-order valence-electron chi connectivity index (χ3n) is 6.83. The summed E-state index contributed by atoms with van der Waals surface area (Å²) in [6, 6.07) is 0. The second-order valence-corrected chi connectivity index (χ2v) is 11.0. The Hall–Kier alpha value is -2.81. The van der Waals surface area contributed by atoms with Crippen LogP contribution in [0.15, 0.2) is 0 Å². The number of carbonyl (C=O) groups is 5. The Morgan fingerprint density at radius 3 is 1.20 bits per heavy atom. The highest BCUT2D eigenvalue weighted by Gasteiger charge is 2.05. The topological polar surface area (TPSA) is 199 Å². The molecule has 0 bridgehead atoms. The van der Waals surface area contributed by atoms with Crippen LogP contribution in [0.25, 0.3) is 0 Å². The summed E-state index contributed by atoms with van der Waals surface area (Å²) >= 11 is 0. The van der Waals surface area contributed by atoms with Crippen molar-refractivity contribution in [3.05, 3.63) is 0 Å². The summed E-state index contributed by atoms with van der Waals surface area (Å²) in [4.78, 5) is 55.7. The van der Waals surface area contributed by atoms with Gasteiger partial charge in [-0.2, -0.15) is 0 Å². The van der Waals surface area contributed by atoms with E-state index in [2.05, 4.69) is 16.0 Å². The number of rotatable bonds is 35. The zero-order valence-corrected chi connectivity index (χ0v) is 27.7. The van der Waals surface area contributed by atoms with Gasteiger partial charge < -0.3 is 45.1 Å². The van der Waals surface area contributed by atoms with E-state index in [1.54, 1.807) is 0 Å². The summed E-state index contributed by atoms with van der Waals surface area (Å²) in [5.41, 5.74) is 0. The predicted molar refractivity (Wildman–Crippen MR) is 171 cm³/mol. The van der Waals surface area contributed by atoms with Gasteiger partial charge in [-0.25, -0.2) is 0 Å². The van der Waals surface area contributed by atoms with Crippen LogP contribution in [0.4, 0.5) is 0 Å². The molecular weight excluding hydrogens is 602 g/mol. The highest BCUT2D eigenvalue weighted by molar-refractivity contribution is 5.81. The predicted octanol–water partition coefficient (Wildman–Crippen LogP) is 2.81. The number of unbranched alkanes of at least 4 members (excludes halogenated alkanes) is 13. The Morgan fingerprint density at radius 1 is 0.391 bits per heavy atom. The summed E-state index contributed by atoms with van der Waals surface area (Å²) in [6.45, 7) is 1.51. The molecule has 0 spiro atoms. The Balaban J connectivity index is 3.30. The summed E-state index contributed by atoms with van der Waals surface area (Å²) < 4.78 is 21.0. The molecule has 0 aliphatic carbocycles. The molecule has 0 atom stereocenters. The third-order valence-corrected chi connectivity index (χ3v) is 6.83. The highest BCUT2D eigenvalue weighted by Crippen LogP contribution is 2.13. The van der Waals surface area contributed by atoms with Gasteiger partial charge >= 0.3 is 11.9 Å². The van der Waals surface area contributed by atoms with Gasteiger partial charge in [-0.3, -0.25) is 24.0 Å². The molecule has 0 saturated heterocycles. The second-order valence-electron chi connectivity index (χ2n) is 11.0. The molecule has 0 aromatic rings. The molecule has 0 rings (SSSR count). The normalized spacial score (nSPS) is 10.9. The summed E-state index contributed by atoms with van der Waals surface area (Å²) in [6.07, 6.45) is 17.0. The fourth-order valence-corrected chi connectivity index (χ4v) is 4.34. The van der Waals surface area contributed by atoms with Crippen LogP contribution < -0.4 is 16.0 Å². The third kappa shape index (κ3) is 35.7. The number of ether oxygens (including phenoxy) is 4. The van der Waals surface area contributed by atoms with Crippen molar-refractivity contribution in [2.24, 2.45) is 0 Å². The molecule has 0 aromatic heterocycles. The van der Waals surface area contributed by atoms with Gasteiger partial charge in [0.05, 0.1) is 39.6 Å². The maximum absolute atomic E-state index is 11.9. The number of carbonyl (C=O) groups excluding carboxylic acids is 3. The number of carboxylic acids is 2. The number of hydrogen-bond acceptors (Lipinski definition) is 9. The van der Waals surface area contributed by atoms with E-state index in [9.17, 15) is 24.0 Å². The zero-order chi connectivity index (χ0) is 33.9. The van der Waals surface area contributed by atoms with Crippen LogP contribution >= 0.6 is 0 Å². The van der Waals surface area contributed by atoms with E-state index in [1.807, 2.05) is 0 Å². The standard InChI is InChI=1S/C32H59N3O11/c36-28(15-13-11-9-7-5-3-1-2-4-6-8-10-12-14-16-31(39)40)33-17-19-43-21-23-45-26-29(37)34-18-20-44-22-24-46-27-30(38)35-25-32(41)42/h1-27H2,(H,33,36)(H,34,37)(H,35,38)(H,39,40)(H,41,42). The molecule has 0 aliphatic rings. The highest BCUT2D eigenvalue weighted by atomic mass is 16.5. The van der Waals surface area contributed by atoms with Crippen LogP contribution in [0.3, 0.4) is 0 Å². The van der Waals surface area contributed by atoms with Crippen LogP contribution in [0.2, 0.25) is 0 Å². The van der Waals surface area contributed by atoms with Gasteiger partial charge in [-0.1, -0.05) is 77.0 Å². The number of amides is 3. The summed E-state index contributed by atoms with van der Waals surface area (Å²) in [5, 5.41) is 24.7. The van der Waals surface area contributed by atoms with Gasteiger partial charge in [-0.15, -0.1) is 0 Å². The lowest BCUT2D eigenvalue weighted by Crippen LogP contribution is -2.33. The summed E-state index contributed by atoms with van der Waals surface area (Å²) in [5.74, 6) is -2.60. The number of carboxylic acid groups (broad SMARTS) is 2. The van der Waals surface area contributed by atoms with Crippen molar-refractivity contribution >= 4 is 29.7 Å². The van der Waals surface area contributed by atoms with E-state index < -0.39 is 24.4 Å². The van der Waals surface area contributed by atoms with Crippen LogP contribution in [0.5, 0.6) is 0 Å². The Labute approximate surface area is 274 Å². The first-order valence-corrected chi connectivity index (χ1v) is 16.9. The molecule has 14 nitrogen and oxygen atoms in total. The fourth-order valence-electron chi connectivity index (χ4n) is 4.34. The number of nitrogens with one attached hydrogen (secondary N) is 3. The maximum Gasteiger partial charge on any atom is 0.322 e. The average molecular weight is 662 g/mol. The molecule has 3 amide bonds.